The van der Waals surface area contributed by atoms with E-state index in [1.165, 1.54) is 49.8 Å². The molecule has 1 aromatic rings. The van der Waals surface area contributed by atoms with Gasteiger partial charge in [0.2, 0.25) is 0 Å². The van der Waals surface area contributed by atoms with Crippen molar-refractivity contribution in [2.75, 3.05) is 6.54 Å². The molecule has 0 radical (unpaired) electrons. The van der Waals surface area contributed by atoms with E-state index in [9.17, 15) is 0 Å². The summed E-state index contributed by atoms with van der Waals surface area (Å²) in [5, 5.41) is 0. The summed E-state index contributed by atoms with van der Waals surface area (Å²) >= 11 is 0. The number of fused-ring (bicyclic) bond motifs is 1. The minimum Gasteiger partial charge on any atom is -0.323 e. The molecule has 2 fully saturated rings. The molecule has 1 saturated carbocycles. The Balaban J connectivity index is 1.72. The van der Waals surface area contributed by atoms with Gasteiger partial charge in [-0.05, 0) is 62.6 Å². The normalized spacial score (nSPS) is 29.1. The minimum absolute atomic E-state index is 0.134. The van der Waals surface area contributed by atoms with Crippen LogP contribution in [0.3, 0.4) is 0 Å². The van der Waals surface area contributed by atoms with E-state index in [0.29, 0.717) is 6.04 Å². The average Bonchev–Trinajstić information content (AvgIpc) is 3.02. The van der Waals surface area contributed by atoms with Crippen molar-refractivity contribution in [3.8, 4) is 0 Å². The van der Waals surface area contributed by atoms with Crippen LogP contribution >= 0.6 is 0 Å². The highest BCUT2D eigenvalue weighted by molar-refractivity contribution is 5.26. The molecule has 0 spiro atoms. The molecule has 0 bridgehead atoms. The first kappa shape index (κ1) is 15.1. The molecule has 1 aromatic carbocycles. The van der Waals surface area contributed by atoms with Gasteiger partial charge in [0.25, 0.3) is 0 Å². The summed E-state index contributed by atoms with van der Waals surface area (Å²) < 4.78 is 0. The van der Waals surface area contributed by atoms with Gasteiger partial charge in [-0.1, -0.05) is 37.6 Å². The first-order valence-electron chi connectivity index (χ1n) is 8.81. The third-order valence-corrected chi connectivity index (χ3v) is 5.85. The highest BCUT2D eigenvalue weighted by atomic mass is 15.2. The fourth-order valence-electron chi connectivity index (χ4n) is 4.46. The van der Waals surface area contributed by atoms with Crippen LogP contribution in [0.5, 0.6) is 0 Å². The summed E-state index contributed by atoms with van der Waals surface area (Å²) in [4.78, 5) is 2.72. The zero-order valence-corrected chi connectivity index (χ0v) is 13.6. The van der Waals surface area contributed by atoms with Crippen molar-refractivity contribution in [3.05, 3.63) is 35.4 Å². The molecule has 1 saturated heterocycles. The number of aryl methyl sites for hydroxylation is 1. The topological polar surface area (TPSA) is 29.3 Å². The maximum atomic E-state index is 6.60. The maximum absolute atomic E-state index is 6.60. The van der Waals surface area contributed by atoms with Gasteiger partial charge in [-0.15, -0.1) is 0 Å². The summed E-state index contributed by atoms with van der Waals surface area (Å²) in [5.41, 5.74) is 9.29. The van der Waals surface area contributed by atoms with Crippen LogP contribution in [0.2, 0.25) is 0 Å². The van der Waals surface area contributed by atoms with Crippen molar-refractivity contribution >= 4 is 0 Å². The van der Waals surface area contributed by atoms with Crippen LogP contribution in [0, 0.1) is 5.92 Å². The fourth-order valence-corrected chi connectivity index (χ4v) is 4.46. The lowest BCUT2D eigenvalue weighted by Gasteiger charge is -2.43. The summed E-state index contributed by atoms with van der Waals surface area (Å²) in [5.74, 6) is 0.941. The van der Waals surface area contributed by atoms with Crippen LogP contribution in [0.15, 0.2) is 24.3 Å². The molecule has 0 aromatic heterocycles. The Morgan fingerprint density at radius 1 is 1.14 bits per heavy atom. The van der Waals surface area contributed by atoms with Crippen molar-refractivity contribution in [2.45, 2.75) is 70.5 Å². The second-order valence-corrected chi connectivity index (χ2v) is 7.00. The number of nitrogens with zero attached hydrogens (tertiary/aromatic N) is 1. The monoisotopic (exact) mass is 286 g/mol. The van der Waals surface area contributed by atoms with Gasteiger partial charge in [-0.25, -0.2) is 0 Å². The summed E-state index contributed by atoms with van der Waals surface area (Å²) in [6, 6.07) is 10.3. The van der Waals surface area contributed by atoms with Crippen LogP contribution in [-0.2, 0) is 6.42 Å². The van der Waals surface area contributed by atoms with Gasteiger partial charge in [-0.2, -0.15) is 0 Å². The second kappa shape index (κ2) is 6.50. The standard InChI is InChI=1S/C19H30N2/c1-3-15-9-11-17(12-10-15)19(20)14(2)21-13-5-7-16-6-4-8-18(16)21/h9-12,14,16,18-19H,3-8,13,20H2,1-2H3. The van der Waals surface area contributed by atoms with E-state index >= 15 is 0 Å². The predicted molar refractivity (Wildman–Crippen MR) is 89.3 cm³/mol. The molecule has 0 amide bonds. The van der Waals surface area contributed by atoms with E-state index in [2.05, 4.69) is 43.0 Å². The predicted octanol–water partition coefficient (Wildman–Crippen LogP) is 3.90. The highest BCUT2D eigenvalue weighted by Crippen LogP contribution is 2.39. The Morgan fingerprint density at radius 3 is 2.57 bits per heavy atom. The van der Waals surface area contributed by atoms with Crippen molar-refractivity contribution in [2.24, 2.45) is 11.7 Å². The van der Waals surface area contributed by atoms with E-state index in [-0.39, 0.29) is 6.04 Å². The van der Waals surface area contributed by atoms with E-state index in [1.807, 2.05) is 0 Å². The van der Waals surface area contributed by atoms with Gasteiger partial charge in [0.1, 0.15) is 0 Å². The lowest BCUT2D eigenvalue weighted by Crippen LogP contribution is -2.50. The largest absolute Gasteiger partial charge is 0.323 e. The summed E-state index contributed by atoms with van der Waals surface area (Å²) in [7, 11) is 0. The van der Waals surface area contributed by atoms with Crippen LogP contribution in [0.25, 0.3) is 0 Å². The van der Waals surface area contributed by atoms with Gasteiger partial charge in [0, 0.05) is 18.1 Å². The van der Waals surface area contributed by atoms with E-state index in [0.717, 1.165) is 18.4 Å². The zero-order valence-electron chi connectivity index (χ0n) is 13.6. The van der Waals surface area contributed by atoms with Crippen LogP contribution in [0.4, 0.5) is 0 Å². The quantitative estimate of drug-likeness (QED) is 0.909. The molecule has 1 aliphatic heterocycles. The molecular formula is C19H30N2. The SMILES string of the molecule is CCc1ccc(C(N)C(C)N2CCCC3CCCC32)cc1. The van der Waals surface area contributed by atoms with E-state index in [1.54, 1.807) is 0 Å². The number of hydrogen-bond donors (Lipinski definition) is 1. The van der Waals surface area contributed by atoms with Crippen molar-refractivity contribution in [1.82, 2.24) is 4.90 Å². The summed E-state index contributed by atoms with van der Waals surface area (Å²) in [6.07, 6.45) is 8.13. The van der Waals surface area contributed by atoms with E-state index < -0.39 is 0 Å². The van der Waals surface area contributed by atoms with Gasteiger partial charge in [0.15, 0.2) is 0 Å². The highest BCUT2D eigenvalue weighted by Gasteiger charge is 2.38. The van der Waals surface area contributed by atoms with Gasteiger partial charge < -0.3 is 5.73 Å². The molecule has 1 heterocycles. The van der Waals surface area contributed by atoms with Crippen molar-refractivity contribution in [3.63, 3.8) is 0 Å². The Hall–Kier alpha value is -0.860. The number of piperidine rings is 1. The Bertz CT molecular complexity index is 453. The van der Waals surface area contributed by atoms with Crippen molar-refractivity contribution < 1.29 is 0 Å². The average molecular weight is 286 g/mol. The molecule has 116 valence electrons. The number of benzene rings is 1. The number of rotatable bonds is 4. The first-order chi connectivity index (χ1) is 10.2. The Morgan fingerprint density at radius 2 is 1.86 bits per heavy atom. The molecule has 1 aliphatic carbocycles. The van der Waals surface area contributed by atoms with Gasteiger partial charge in [-0.3, -0.25) is 4.90 Å². The lowest BCUT2D eigenvalue weighted by molar-refractivity contribution is 0.0631. The van der Waals surface area contributed by atoms with Gasteiger partial charge >= 0.3 is 0 Å². The zero-order chi connectivity index (χ0) is 14.8. The Labute approximate surface area is 129 Å². The third-order valence-electron chi connectivity index (χ3n) is 5.85. The number of nitrogens with two attached hydrogens (primary N) is 1. The molecule has 4 atom stereocenters. The van der Waals surface area contributed by atoms with Crippen molar-refractivity contribution in [1.29, 1.82) is 0 Å². The molecule has 2 nitrogen and oxygen atoms in total. The van der Waals surface area contributed by atoms with Crippen LogP contribution < -0.4 is 5.73 Å². The summed E-state index contributed by atoms with van der Waals surface area (Å²) in [6.45, 7) is 5.77. The van der Waals surface area contributed by atoms with E-state index in [4.69, 9.17) is 5.73 Å². The van der Waals surface area contributed by atoms with Crippen LogP contribution in [-0.4, -0.2) is 23.5 Å². The molecule has 2 N–H and O–H groups in total. The fraction of sp³-hybridized carbons (Fsp3) is 0.684. The number of hydrogen-bond acceptors (Lipinski definition) is 2. The molecule has 2 aliphatic rings. The minimum atomic E-state index is 0.134. The molecule has 4 unspecified atom stereocenters. The second-order valence-electron chi connectivity index (χ2n) is 7.00. The maximum Gasteiger partial charge on any atom is 0.0450 e. The number of likely N-dealkylation sites (tertiary alicyclic amines) is 1. The third kappa shape index (κ3) is 3.02. The van der Waals surface area contributed by atoms with Crippen LogP contribution in [0.1, 0.15) is 63.1 Å². The van der Waals surface area contributed by atoms with Gasteiger partial charge in [0.05, 0.1) is 0 Å². The molecule has 3 rings (SSSR count). The molecular weight excluding hydrogens is 256 g/mol. The lowest BCUT2D eigenvalue weighted by atomic mass is 9.88. The molecule has 2 heteroatoms. The Kier molecular flexibility index (Phi) is 4.66. The molecule has 21 heavy (non-hydrogen) atoms. The first-order valence-corrected chi connectivity index (χ1v) is 8.81. The smallest absolute Gasteiger partial charge is 0.0450 e.